The van der Waals surface area contributed by atoms with Gasteiger partial charge in [0.1, 0.15) is 17.5 Å². The number of fused-ring (bicyclic) bond motifs is 1. The van der Waals surface area contributed by atoms with Crippen molar-refractivity contribution < 1.29 is 19.0 Å². The number of carbonyl (C=O) groups is 1. The third-order valence-electron chi connectivity index (χ3n) is 7.02. The van der Waals surface area contributed by atoms with Gasteiger partial charge in [0.15, 0.2) is 0 Å². The van der Waals surface area contributed by atoms with E-state index in [9.17, 15) is 14.3 Å². The van der Waals surface area contributed by atoms with E-state index in [4.69, 9.17) is 4.74 Å². The van der Waals surface area contributed by atoms with Crippen LogP contribution in [-0.4, -0.2) is 64.7 Å². The van der Waals surface area contributed by atoms with Crippen LogP contribution in [-0.2, 0) is 6.54 Å². The van der Waals surface area contributed by atoms with Crippen LogP contribution in [0.2, 0.25) is 0 Å². The number of carbonyl (C=O) groups excluding carboxylic acids is 1. The van der Waals surface area contributed by atoms with Crippen molar-refractivity contribution in [1.82, 2.24) is 14.8 Å². The van der Waals surface area contributed by atoms with Gasteiger partial charge >= 0.3 is 0 Å². The Morgan fingerprint density at radius 3 is 2.86 bits per heavy atom. The minimum absolute atomic E-state index is 0.00131. The summed E-state index contributed by atoms with van der Waals surface area (Å²) >= 11 is 0. The molecule has 0 saturated carbocycles. The number of halogens is 1. The number of ether oxygens (including phenoxy) is 1. The monoisotopic (exact) mass is 481 g/mol. The predicted octanol–water partition coefficient (Wildman–Crippen LogP) is 4.53. The first kappa shape index (κ1) is 25.3. The third-order valence-corrected chi connectivity index (χ3v) is 7.02. The highest BCUT2D eigenvalue weighted by atomic mass is 19.1. The fourth-order valence-corrected chi connectivity index (χ4v) is 4.91. The molecule has 2 heterocycles. The van der Waals surface area contributed by atoms with E-state index in [-0.39, 0.29) is 36.4 Å². The lowest BCUT2D eigenvalue weighted by Gasteiger charge is -2.37. The number of hydrogen-bond donors (Lipinski definition) is 1. The normalized spacial score (nSPS) is 21.6. The average molecular weight is 482 g/mol. The Morgan fingerprint density at radius 1 is 1.31 bits per heavy atom. The molecule has 1 aromatic heterocycles. The lowest BCUT2D eigenvalue weighted by atomic mass is 9.93. The number of hydrogen-bond acceptors (Lipinski definition) is 5. The van der Waals surface area contributed by atoms with E-state index in [0.717, 1.165) is 30.4 Å². The molecule has 188 valence electrons. The molecule has 0 unspecified atom stereocenters. The number of rotatable bonds is 7. The molecule has 3 atom stereocenters. The minimum atomic E-state index is -0.320. The van der Waals surface area contributed by atoms with E-state index >= 15 is 0 Å². The number of amides is 1. The number of likely N-dealkylation sites (N-methyl/N-ethyl adjacent to an activating group) is 1. The standard InChI is InChI=1S/C28H36FN3O3/c1-19-15-32(20(2)18-33)28(34)25-13-23(22-9-5-4-6-10-22)14-30-27(25)35-26(19)17-31(3)16-21-8-7-11-24(29)12-21/h7-9,11-14,19-20,26,33H,4-6,10,15-18H2,1-3H3/t19-,20-,26-/m0/s1. The van der Waals surface area contributed by atoms with Gasteiger partial charge in [-0.1, -0.05) is 25.1 Å². The highest BCUT2D eigenvalue weighted by Gasteiger charge is 2.34. The van der Waals surface area contributed by atoms with E-state index in [1.165, 1.54) is 18.1 Å². The molecule has 35 heavy (non-hydrogen) atoms. The average Bonchev–Trinajstić information content (AvgIpc) is 2.86. The van der Waals surface area contributed by atoms with Gasteiger partial charge in [0.25, 0.3) is 5.91 Å². The number of aliphatic hydroxyl groups is 1. The van der Waals surface area contributed by atoms with E-state index in [2.05, 4.69) is 22.9 Å². The summed E-state index contributed by atoms with van der Waals surface area (Å²) in [5, 5.41) is 9.87. The number of aliphatic hydroxyl groups excluding tert-OH is 1. The maximum absolute atomic E-state index is 13.6. The maximum Gasteiger partial charge on any atom is 0.259 e. The number of benzene rings is 1. The van der Waals surface area contributed by atoms with Crippen molar-refractivity contribution in [3.63, 3.8) is 0 Å². The smallest absolute Gasteiger partial charge is 0.259 e. The summed E-state index contributed by atoms with van der Waals surface area (Å²) in [6.07, 6.45) is 8.16. The molecule has 1 N–H and O–H groups in total. The summed E-state index contributed by atoms with van der Waals surface area (Å²) in [5.74, 6) is -0.0778. The first-order valence-electron chi connectivity index (χ1n) is 12.6. The van der Waals surface area contributed by atoms with Crippen LogP contribution in [0.15, 0.2) is 42.6 Å². The first-order valence-corrected chi connectivity index (χ1v) is 12.6. The quantitative estimate of drug-likeness (QED) is 0.630. The molecule has 0 fully saturated rings. The third kappa shape index (κ3) is 6.08. The molecule has 0 radical (unpaired) electrons. The zero-order chi connectivity index (χ0) is 24.9. The second-order valence-corrected chi connectivity index (χ2v) is 10.0. The van der Waals surface area contributed by atoms with Crippen molar-refractivity contribution in [2.45, 2.75) is 58.2 Å². The van der Waals surface area contributed by atoms with Gasteiger partial charge in [-0.15, -0.1) is 0 Å². The molecule has 7 heteroatoms. The van der Waals surface area contributed by atoms with Crippen molar-refractivity contribution in [2.24, 2.45) is 5.92 Å². The largest absolute Gasteiger partial charge is 0.472 e. The second kappa shape index (κ2) is 11.3. The Labute approximate surface area is 207 Å². The number of nitrogens with zero attached hydrogens (tertiary/aromatic N) is 3. The van der Waals surface area contributed by atoms with Crippen LogP contribution in [0.4, 0.5) is 4.39 Å². The second-order valence-electron chi connectivity index (χ2n) is 10.0. The zero-order valence-electron chi connectivity index (χ0n) is 20.9. The Kier molecular flexibility index (Phi) is 8.19. The minimum Gasteiger partial charge on any atom is -0.472 e. The van der Waals surface area contributed by atoms with Crippen molar-refractivity contribution >= 4 is 11.5 Å². The Hall–Kier alpha value is -2.77. The Bertz CT molecular complexity index is 1070. The van der Waals surface area contributed by atoms with Crippen LogP contribution in [0.3, 0.4) is 0 Å². The lowest BCUT2D eigenvalue weighted by molar-refractivity contribution is 0.0325. The summed E-state index contributed by atoms with van der Waals surface area (Å²) in [7, 11) is 1.98. The van der Waals surface area contributed by atoms with Crippen molar-refractivity contribution in [2.75, 3.05) is 26.7 Å². The van der Waals surface area contributed by atoms with Crippen LogP contribution in [0.25, 0.3) is 5.57 Å². The summed E-state index contributed by atoms with van der Waals surface area (Å²) < 4.78 is 20.0. The molecule has 1 amide bonds. The van der Waals surface area contributed by atoms with Crippen LogP contribution < -0.4 is 4.74 Å². The Balaban J connectivity index is 1.62. The highest BCUT2D eigenvalue weighted by molar-refractivity contribution is 5.97. The fraction of sp³-hybridized carbons (Fsp3) is 0.500. The highest BCUT2D eigenvalue weighted by Crippen LogP contribution is 2.32. The van der Waals surface area contributed by atoms with E-state index < -0.39 is 0 Å². The summed E-state index contributed by atoms with van der Waals surface area (Å²) in [4.78, 5) is 22.1. The molecule has 4 rings (SSSR count). The Morgan fingerprint density at radius 2 is 2.14 bits per heavy atom. The molecule has 1 aliphatic carbocycles. The van der Waals surface area contributed by atoms with E-state index in [1.54, 1.807) is 17.0 Å². The molecule has 0 bridgehead atoms. The fourth-order valence-electron chi connectivity index (χ4n) is 4.91. The first-order chi connectivity index (χ1) is 16.9. The van der Waals surface area contributed by atoms with Crippen LogP contribution in [0, 0.1) is 11.7 Å². The molecule has 0 saturated heterocycles. The molecular formula is C28H36FN3O3. The number of allylic oxidation sites excluding steroid dienone is 2. The van der Waals surface area contributed by atoms with Crippen LogP contribution in [0.1, 0.15) is 61.0 Å². The van der Waals surface area contributed by atoms with Gasteiger partial charge in [0, 0.05) is 31.7 Å². The molecular weight excluding hydrogens is 445 g/mol. The van der Waals surface area contributed by atoms with E-state index in [1.807, 2.05) is 32.3 Å². The van der Waals surface area contributed by atoms with Gasteiger partial charge in [-0.3, -0.25) is 9.69 Å². The summed E-state index contributed by atoms with van der Waals surface area (Å²) in [6, 6.07) is 8.19. The van der Waals surface area contributed by atoms with Gasteiger partial charge in [-0.05, 0) is 74.6 Å². The van der Waals surface area contributed by atoms with Gasteiger partial charge in [-0.25, -0.2) is 9.37 Å². The van der Waals surface area contributed by atoms with Gasteiger partial charge in [-0.2, -0.15) is 0 Å². The lowest BCUT2D eigenvalue weighted by Crippen LogP contribution is -2.49. The molecule has 0 spiro atoms. The zero-order valence-corrected chi connectivity index (χ0v) is 20.9. The van der Waals surface area contributed by atoms with Gasteiger partial charge < -0.3 is 14.7 Å². The number of aromatic nitrogens is 1. The topological polar surface area (TPSA) is 65.9 Å². The van der Waals surface area contributed by atoms with Crippen molar-refractivity contribution in [3.8, 4) is 5.88 Å². The molecule has 6 nitrogen and oxygen atoms in total. The summed E-state index contributed by atoms with van der Waals surface area (Å²) in [6.45, 7) is 5.42. The molecule has 1 aromatic carbocycles. The van der Waals surface area contributed by atoms with Crippen LogP contribution >= 0.6 is 0 Å². The van der Waals surface area contributed by atoms with Gasteiger partial charge in [0.05, 0.1) is 12.6 Å². The predicted molar refractivity (Wildman–Crippen MR) is 135 cm³/mol. The number of pyridine rings is 1. The molecule has 2 aliphatic rings. The van der Waals surface area contributed by atoms with Gasteiger partial charge in [0.2, 0.25) is 5.88 Å². The maximum atomic E-state index is 13.6. The summed E-state index contributed by atoms with van der Waals surface area (Å²) in [5.41, 5.74) is 3.52. The van der Waals surface area contributed by atoms with Crippen molar-refractivity contribution in [1.29, 1.82) is 0 Å². The van der Waals surface area contributed by atoms with Crippen LogP contribution in [0.5, 0.6) is 5.88 Å². The molecule has 1 aliphatic heterocycles. The SMILES string of the molecule is C[C@H]1CN([C@@H](C)CO)C(=O)c2cc(C3=CCCCC3)cnc2O[C@H]1CN(C)Cc1cccc(F)c1. The van der Waals surface area contributed by atoms with Crippen molar-refractivity contribution in [3.05, 3.63) is 65.1 Å². The molecule has 2 aromatic rings. The van der Waals surface area contributed by atoms with E-state index in [0.29, 0.717) is 31.1 Å².